The minimum absolute atomic E-state index is 0.365. The summed E-state index contributed by atoms with van der Waals surface area (Å²) in [6, 6.07) is 10.2. The first-order chi connectivity index (χ1) is 8.26. The number of imidazole rings is 1. The summed E-state index contributed by atoms with van der Waals surface area (Å²) in [5.41, 5.74) is 2.09. The molecule has 2 aromatic rings. The summed E-state index contributed by atoms with van der Waals surface area (Å²) >= 11 is 3.49. The van der Waals surface area contributed by atoms with Crippen molar-refractivity contribution in [3.8, 4) is 6.07 Å². The van der Waals surface area contributed by atoms with Crippen LogP contribution in [0, 0.1) is 17.2 Å². The number of benzene rings is 1. The Labute approximate surface area is 109 Å². The largest absolute Gasteiger partial charge is 0.327 e. The fourth-order valence-electron chi connectivity index (χ4n) is 1.90. The Morgan fingerprint density at radius 2 is 2.24 bits per heavy atom. The fraction of sp³-hybridized carbons (Fsp3) is 0.385. The van der Waals surface area contributed by atoms with Crippen LogP contribution in [0.15, 0.2) is 24.3 Å². The van der Waals surface area contributed by atoms with Gasteiger partial charge in [-0.25, -0.2) is 4.98 Å². The van der Waals surface area contributed by atoms with Crippen molar-refractivity contribution >= 4 is 27.0 Å². The molecule has 1 atom stereocenters. The maximum absolute atomic E-state index is 8.85. The molecule has 88 valence electrons. The zero-order valence-corrected chi connectivity index (χ0v) is 11.3. The van der Waals surface area contributed by atoms with Crippen molar-refractivity contribution < 1.29 is 0 Å². The van der Waals surface area contributed by atoms with Crippen LogP contribution in [-0.4, -0.2) is 14.9 Å². The molecule has 0 aliphatic carbocycles. The standard InChI is InChI=1S/C13H14BrN3/c1-10(8-14)9-17-12-5-3-2-4-11(12)16-13(17)6-7-15/h2-5,10H,6,8-9H2,1H3. The highest BCUT2D eigenvalue weighted by molar-refractivity contribution is 9.09. The number of hydrogen-bond acceptors (Lipinski definition) is 2. The van der Waals surface area contributed by atoms with Crippen LogP contribution in [0.4, 0.5) is 0 Å². The van der Waals surface area contributed by atoms with Crippen LogP contribution < -0.4 is 0 Å². The highest BCUT2D eigenvalue weighted by atomic mass is 79.9. The smallest absolute Gasteiger partial charge is 0.124 e. The lowest BCUT2D eigenvalue weighted by Gasteiger charge is -2.11. The summed E-state index contributed by atoms with van der Waals surface area (Å²) in [6.07, 6.45) is 0.365. The van der Waals surface area contributed by atoms with E-state index >= 15 is 0 Å². The van der Waals surface area contributed by atoms with Crippen molar-refractivity contribution in [1.29, 1.82) is 5.26 Å². The van der Waals surface area contributed by atoms with Crippen LogP contribution in [0.3, 0.4) is 0 Å². The quantitative estimate of drug-likeness (QED) is 0.812. The van der Waals surface area contributed by atoms with E-state index in [1.54, 1.807) is 0 Å². The summed E-state index contributed by atoms with van der Waals surface area (Å²) in [6.45, 7) is 3.07. The second kappa shape index (κ2) is 5.33. The summed E-state index contributed by atoms with van der Waals surface area (Å²) in [4.78, 5) is 4.51. The van der Waals surface area contributed by atoms with E-state index in [-0.39, 0.29) is 0 Å². The normalized spacial score (nSPS) is 12.5. The highest BCUT2D eigenvalue weighted by Gasteiger charge is 2.12. The zero-order valence-electron chi connectivity index (χ0n) is 9.73. The van der Waals surface area contributed by atoms with Gasteiger partial charge in [-0.1, -0.05) is 35.0 Å². The van der Waals surface area contributed by atoms with Gasteiger partial charge in [0.25, 0.3) is 0 Å². The van der Waals surface area contributed by atoms with E-state index in [0.29, 0.717) is 12.3 Å². The van der Waals surface area contributed by atoms with E-state index in [4.69, 9.17) is 5.26 Å². The second-order valence-corrected chi connectivity index (χ2v) is 4.87. The van der Waals surface area contributed by atoms with Crippen molar-refractivity contribution in [3.63, 3.8) is 0 Å². The van der Waals surface area contributed by atoms with Crippen LogP contribution in [0.2, 0.25) is 0 Å². The molecule has 0 radical (unpaired) electrons. The number of alkyl halides is 1. The molecule has 0 spiro atoms. The first-order valence-corrected chi connectivity index (χ1v) is 6.75. The van der Waals surface area contributed by atoms with E-state index < -0.39 is 0 Å². The Balaban J connectivity index is 2.48. The van der Waals surface area contributed by atoms with E-state index in [1.165, 1.54) is 0 Å². The van der Waals surface area contributed by atoms with E-state index in [1.807, 2.05) is 18.2 Å². The van der Waals surface area contributed by atoms with E-state index in [9.17, 15) is 0 Å². The third-order valence-electron chi connectivity index (χ3n) is 2.73. The van der Waals surface area contributed by atoms with Gasteiger partial charge in [0.15, 0.2) is 0 Å². The predicted molar refractivity (Wildman–Crippen MR) is 72.0 cm³/mol. The Kier molecular flexibility index (Phi) is 3.80. The fourth-order valence-corrected chi connectivity index (χ4v) is 2.10. The minimum atomic E-state index is 0.365. The number of nitrogens with zero attached hydrogens (tertiary/aromatic N) is 3. The summed E-state index contributed by atoms with van der Waals surface area (Å²) < 4.78 is 2.16. The number of nitriles is 1. The monoisotopic (exact) mass is 291 g/mol. The number of para-hydroxylation sites is 2. The lowest BCUT2D eigenvalue weighted by molar-refractivity contribution is 0.531. The van der Waals surface area contributed by atoms with Gasteiger partial charge >= 0.3 is 0 Å². The summed E-state index contributed by atoms with van der Waals surface area (Å²) in [7, 11) is 0. The maximum Gasteiger partial charge on any atom is 0.124 e. The van der Waals surface area contributed by atoms with Gasteiger partial charge < -0.3 is 4.57 Å². The van der Waals surface area contributed by atoms with Gasteiger partial charge in [-0.3, -0.25) is 0 Å². The molecule has 3 nitrogen and oxygen atoms in total. The number of hydrogen-bond donors (Lipinski definition) is 0. The average molecular weight is 292 g/mol. The highest BCUT2D eigenvalue weighted by Crippen LogP contribution is 2.18. The van der Waals surface area contributed by atoms with E-state index in [0.717, 1.165) is 28.7 Å². The molecule has 1 heterocycles. The Morgan fingerprint density at radius 1 is 1.47 bits per heavy atom. The van der Waals surface area contributed by atoms with Crippen LogP contribution in [0.5, 0.6) is 0 Å². The molecule has 0 bridgehead atoms. The van der Waals surface area contributed by atoms with Gasteiger partial charge in [-0.2, -0.15) is 5.26 Å². The van der Waals surface area contributed by atoms with Gasteiger partial charge in [-0.05, 0) is 18.1 Å². The molecule has 1 aromatic heterocycles. The molecule has 17 heavy (non-hydrogen) atoms. The first-order valence-electron chi connectivity index (χ1n) is 5.63. The molecule has 2 rings (SSSR count). The van der Waals surface area contributed by atoms with Crippen molar-refractivity contribution in [2.45, 2.75) is 19.9 Å². The molecule has 0 saturated heterocycles. The zero-order chi connectivity index (χ0) is 12.3. The second-order valence-electron chi connectivity index (χ2n) is 4.22. The maximum atomic E-state index is 8.85. The third kappa shape index (κ3) is 2.50. The van der Waals surface area contributed by atoms with Crippen LogP contribution in [0.25, 0.3) is 11.0 Å². The van der Waals surface area contributed by atoms with Crippen LogP contribution in [0.1, 0.15) is 12.7 Å². The molecule has 1 unspecified atom stereocenters. The summed E-state index contributed by atoms with van der Waals surface area (Å²) in [5.74, 6) is 1.38. The molecular formula is C13H14BrN3. The number of rotatable bonds is 4. The SMILES string of the molecule is CC(CBr)Cn1c(CC#N)nc2ccccc21. The molecule has 0 N–H and O–H groups in total. The molecule has 1 aromatic carbocycles. The van der Waals surface area contributed by atoms with Crippen molar-refractivity contribution in [3.05, 3.63) is 30.1 Å². The molecule has 0 aliphatic heterocycles. The van der Waals surface area contributed by atoms with Gasteiger partial charge in [0.05, 0.1) is 23.5 Å². The Morgan fingerprint density at radius 3 is 2.94 bits per heavy atom. The van der Waals surface area contributed by atoms with Crippen molar-refractivity contribution in [1.82, 2.24) is 9.55 Å². The van der Waals surface area contributed by atoms with Gasteiger partial charge in [0.1, 0.15) is 5.82 Å². The lowest BCUT2D eigenvalue weighted by Crippen LogP contribution is -2.11. The summed E-state index contributed by atoms with van der Waals surface area (Å²) in [5, 5.41) is 9.80. The average Bonchev–Trinajstić information content (AvgIpc) is 2.68. The lowest BCUT2D eigenvalue weighted by atomic mass is 10.2. The molecule has 0 fully saturated rings. The third-order valence-corrected chi connectivity index (χ3v) is 3.83. The number of aromatic nitrogens is 2. The van der Waals surface area contributed by atoms with Crippen LogP contribution in [-0.2, 0) is 13.0 Å². The van der Waals surface area contributed by atoms with Gasteiger partial charge in [0.2, 0.25) is 0 Å². The predicted octanol–water partition coefficient (Wildman–Crippen LogP) is 3.13. The Hall–Kier alpha value is -1.34. The minimum Gasteiger partial charge on any atom is -0.327 e. The van der Waals surface area contributed by atoms with Crippen molar-refractivity contribution in [2.24, 2.45) is 5.92 Å². The Bertz CT molecular complexity index is 553. The topological polar surface area (TPSA) is 41.6 Å². The van der Waals surface area contributed by atoms with Gasteiger partial charge in [0, 0.05) is 11.9 Å². The van der Waals surface area contributed by atoms with Crippen LogP contribution >= 0.6 is 15.9 Å². The van der Waals surface area contributed by atoms with E-state index in [2.05, 4.69) is 44.5 Å². The molecule has 0 aliphatic rings. The van der Waals surface area contributed by atoms with Gasteiger partial charge in [-0.15, -0.1) is 0 Å². The van der Waals surface area contributed by atoms with Crippen molar-refractivity contribution in [2.75, 3.05) is 5.33 Å². The molecule has 0 amide bonds. The molecule has 0 saturated carbocycles. The molecule has 4 heteroatoms. The first kappa shape index (κ1) is 12.1. The number of halogens is 1. The number of fused-ring (bicyclic) bond motifs is 1. The molecular weight excluding hydrogens is 278 g/mol.